The molecule has 2 rings (SSSR count). The van der Waals surface area contributed by atoms with Crippen LogP contribution in [0.2, 0.25) is 0 Å². The lowest BCUT2D eigenvalue weighted by atomic mass is 10.1. The first kappa shape index (κ1) is 8.44. The van der Waals surface area contributed by atoms with Crippen molar-refractivity contribution < 1.29 is 4.42 Å². The number of nitrogens with zero attached hydrogens (tertiary/aromatic N) is 2. The summed E-state index contributed by atoms with van der Waals surface area (Å²) >= 11 is 3.44. The van der Waals surface area contributed by atoms with Crippen LogP contribution >= 0.6 is 15.9 Å². The van der Waals surface area contributed by atoms with Gasteiger partial charge < -0.3 is 4.42 Å². The first-order valence-corrected chi connectivity index (χ1v) is 4.59. The fraction of sp³-hybridized carbons (Fsp3) is 0.111. The van der Waals surface area contributed by atoms with Gasteiger partial charge in [0.25, 0.3) is 0 Å². The molecule has 1 aromatic carbocycles. The van der Waals surface area contributed by atoms with Crippen molar-refractivity contribution >= 4 is 15.9 Å². The Morgan fingerprint density at radius 3 is 2.85 bits per heavy atom. The van der Waals surface area contributed by atoms with Gasteiger partial charge in [0.1, 0.15) is 0 Å². The van der Waals surface area contributed by atoms with Crippen LogP contribution in [-0.4, -0.2) is 10.2 Å². The maximum atomic E-state index is 5.07. The highest BCUT2D eigenvalue weighted by molar-refractivity contribution is 9.10. The van der Waals surface area contributed by atoms with Crippen molar-refractivity contribution in [3.05, 3.63) is 34.6 Å². The molecule has 0 atom stereocenters. The molecule has 1 aromatic heterocycles. The highest BCUT2D eigenvalue weighted by Gasteiger charge is 2.04. The Balaban J connectivity index is 2.49. The van der Waals surface area contributed by atoms with E-state index in [9.17, 15) is 0 Å². The Kier molecular flexibility index (Phi) is 2.14. The average Bonchev–Trinajstić information content (AvgIpc) is 2.62. The maximum absolute atomic E-state index is 5.07. The zero-order valence-electron chi connectivity index (χ0n) is 6.99. The average molecular weight is 239 g/mol. The highest BCUT2D eigenvalue weighted by Crippen LogP contribution is 2.23. The second kappa shape index (κ2) is 3.30. The highest BCUT2D eigenvalue weighted by atomic mass is 79.9. The van der Waals surface area contributed by atoms with Gasteiger partial charge in [0.05, 0.1) is 0 Å². The molecule has 0 amide bonds. The molecule has 0 saturated heterocycles. The van der Waals surface area contributed by atoms with Gasteiger partial charge in [-0.05, 0) is 24.6 Å². The van der Waals surface area contributed by atoms with Crippen molar-refractivity contribution in [2.75, 3.05) is 0 Å². The summed E-state index contributed by atoms with van der Waals surface area (Å²) in [5.41, 5.74) is 2.11. The van der Waals surface area contributed by atoms with E-state index >= 15 is 0 Å². The third-order valence-corrected chi connectivity index (χ3v) is 2.63. The van der Waals surface area contributed by atoms with Crippen LogP contribution < -0.4 is 0 Å². The van der Waals surface area contributed by atoms with Crippen LogP contribution in [0.4, 0.5) is 0 Å². The van der Waals surface area contributed by atoms with Gasteiger partial charge in [0.2, 0.25) is 12.3 Å². The van der Waals surface area contributed by atoms with E-state index in [0.717, 1.165) is 10.0 Å². The predicted octanol–water partition coefficient (Wildman–Crippen LogP) is 2.81. The monoisotopic (exact) mass is 238 g/mol. The van der Waals surface area contributed by atoms with Gasteiger partial charge in [-0.15, -0.1) is 10.2 Å². The molecule has 2 aromatic rings. The summed E-state index contributed by atoms with van der Waals surface area (Å²) in [6.07, 6.45) is 1.32. The minimum Gasteiger partial charge on any atom is -0.423 e. The van der Waals surface area contributed by atoms with Crippen molar-refractivity contribution in [1.29, 1.82) is 0 Å². The predicted molar refractivity (Wildman–Crippen MR) is 52.2 cm³/mol. The molecule has 0 fully saturated rings. The molecule has 0 aliphatic rings. The van der Waals surface area contributed by atoms with Gasteiger partial charge in [0.15, 0.2) is 0 Å². The standard InChI is InChI=1S/C9H7BrN2O/c1-6-2-3-7(4-8(6)10)9-12-11-5-13-9/h2-5H,1H3. The first-order chi connectivity index (χ1) is 6.27. The molecule has 1 heterocycles. The van der Waals surface area contributed by atoms with Crippen molar-refractivity contribution in [2.24, 2.45) is 0 Å². The Morgan fingerprint density at radius 1 is 1.38 bits per heavy atom. The lowest BCUT2D eigenvalue weighted by Gasteiger charge is -1.98. The van der Waals surface area contributed by atoms with Gasteiger partial charge in [-0.2, -0.15) is 0 Å². The quantitative estimate of drug-likeness (QED) is 0.767. The normalized spacial score (nSPS) is 10.3. The Morgan fingerprint density at radius 2 is 2.23 bits per heavy atom. The summed E-state index contributed by atoms with van der Waals surface area (Å²) in [5, 5.41) is 7.44. The van der Waals surface area contributed by atoms with Crippen LogP contribution in [0.25, 0.3) is 11.5 Å². The first-order valence-electron chi connectivity index (χ1n) is 3.80. The number of rotatable bonds is 1. The third kappa shape index (κ3) is 1.62. The van der Waals surface area contributed by atoms with Crippen LogP contribution in [0.3, 0.4) is 0 Å². The molecule has 0 N–H and O–H groups in total. The van der Waals surface area contributed by atoms with E-state index in [4.69, 9.17) is 4.42 Å². The SMILES string of the molecule is Cc1ccc(-c2nnco2)cc1Br. The summed E-state index contributed by atoms with van der Waals surface area (Å²) in [4.78, 5) is 0. The van der Waals surface area contributed by atoms with Crippen LogP contribution in [0.15, 0.2) is 33.5 Å². The molecular formula is C9H7BrN2O. The van der Waals surface area contributed by atoms with E-state index in [-0.39, 0.29) is 0 Å². The number of aryl methyl sites for hydroxylation is 1. The molecule has 0 unspecified atom stereocenters. The molecule has 0 spiro atoms. The zero-order valence-corrected chi connectivity index (χ0v) is 8.58. The van der Waals surface area contributed by atoms with E-state index < -0.39 is 0 Å². The molecule has 0 aliphatic heterocycles. The fourth-order valence-electron chi connectivity index (χ4n) is 1.02. The fourth-order valence-corrected chi connectivity index (χ4v) is 1.40. The van der Waals surface area contributed by atoms with Gasteiger partial charge >= 0.3 is 0 Å². The van der Waals surface area contributed by atoms with Crippen LogP contribution in [0.5, 0.6) is 0 Å². The van der Waals surface area contributed by atoms with Crippen LogP contribution in [0.1, 0.15) is 5.56 Å². The summed E-state index contributed by atoms with van der Waals surface area (Å²) in [6, 6.07) is 5.92. The molecule has 0 bridgehead atoms. The van der Waals surface area contributed by atoms with Crippen LogP contribution in [-0.2, 0) is 0 Å². The largest absolute Gasteiger partial charge is 0.423 e. The van der Waals surface area contributed by atoms with Crippen molar-refractivity contribution in [3.8, 4) is 11.5 Å². The number of benzene rings is 1. The minimum absolute atomic E-state index is 0.542. The maximum Gasteiger partial charge on any atom is 0.247 e. The smallest absolute Gasteiger partial charge is 0.247 e. The molecule has 0 saturated carbocycles. The molecule has 66 valence electrons. The van der Waals surface area contributed by atoms with E-state index in [2.05, 4.69) is 26.1 Å². The van der Waals surface area contributed by atoms with E-state index in [0.29, 0.717) is 5.89 Å². The van der Waals surface area contributed by atoms with E-state index in [1.807, 2.05) is 25.1 Å². The van der Waals surface area contributed by atoms with Gasteiger partial charge in [0, 0.05) is 10.0 Å². The summed E-state index contributed by atoms with van der Waals surface area (Å²) < 4.78 is 6.12. The topological polar surface area (TPSA) is 38.9 Å². The molecule has 3 nitrogen and oxygen atoms in total. The molecule has 0 radical (unpaired) electrons. The molecule has 4 heteroatoms. The van der Waals surface area contributed by atoms with Crippen molar-refractivity contribution in [1.82, 2.24) is 10.2 Å². The van der Waals surface area contributed by atoms with Crippen LogP contribution in [0, 0.1) is 6.92 Å². The zero-order chi connectivity index (χ0) is 9.26. The van der Waals surface area contributed by atoms with Gasteiger partial charge in [-0.25, -0.2) is 0 Å². The summed E-state index contributed by atoms with van der Waals surface area (Å²) in [5.74, 6) is 0.542. The minimum atomic E-state index is 0.542. The van der Waals surface area contributed by atoms with Gasteiger partial charge in [-0.3, -0.25) is 0 Å². The summed E-state index contributed by atoms with van der Waals surface area (Å²) in [7, 11) is 0. The molecule has 13 heavy (non-hydrogen) atoms. The second-order valence-corrected chi connectivity index (χ2v) is 3.56. The Labute approximate surface area is 83.9 Å². The third-order valence-electron chi connectivity index (χ3n) is 1.78. The number of hydrogen-bond acceptors (Lipinski definition) is 3. The number of aromatic nitrogens is 2. The Hall–Kier alpha value is -1.16. The van der Waals surface area contributed by atoms with Crippen molar-refractivity contribution in [3.63, 3.8) is 0 Å². The van der Waals surface area contributed by atoms with Crippen molar-refractivity contribution in [2.45, 2.75) is 6.92 Å². The number of halogens is 1. The summed E-state index contributed by atoms with van der Waals surface area (Å²) in [6.45, 7) is 2.03. The second-order valence-electron chi connectivity index (χ2n) is 2.71. The van der Waals surface area contributed by atoms with E-state index in [1.165, 1.54) is 12.0 Å². The molecule has 0 aliphatic carbocycles. The van der Waals surface area contributed by atoms with E-state index in [1.54, 1.807) is 0 Å². The lowest BCUT2D eigenvalue weighted by Crippen LogP contribution is -1.80. The number of hydrogen-bond donors (Lipinski definition) is 0. The lowest BCUT2D eigenvalue weighted by molar-refractivity contribution is 0.568. The Bertz CT molecular complexity index is 412. The molecular weight excluding hydrogens is 232 g/mol. The van der Waals surface area contributed by atoms with Gasteiger partial charge in [-0.1, -0.05) is 22.0 Å².